The number of furan rings is 1. The van der Waals surface area contributed by atoms with E-state index in [4.69, 9.17) is 18.6 Å². The summed E-state index contributed by atoms with van der Waals surface area (Å²) < 4.78 is 22.9. The number of halogens is 1. The highest BCUT2D eigenvalue weighted by molar-refractivity contribution is 9.10. The predicted octanol–water partition coefficient (Wildman–Crippen LogP) is 4.49. The van der Waals surface area contributed by atoms with Gasteiger partial charge in [0, 0.05) is 18.2 Å². The molecule has 10 heteroatoms. The number of nitrogens with zero attached hydrogens (tertiary/aromatic N) is 4. The molecule has 0 fully saturated rings. The van der Waals surface area contributed by atoms with Crippen molar-refractivity contribution in [3.63, 3.8) is 0 Å². The molecule has 0 saturated heterocycles. The lowest BCUT2D eigenvalue weighted by molar-refractivity contribution is 0.0577. The van der Waals surface area contributed by atoms with Gasteiger partial charge in [0.2, 0.25) is 11.6 Å². The summed E-state index contributed by atoms with van der Waals surface area (Å²) in [5.74, 6) is 2.05. The van der Waals surface area contributed by atoms with E-state index in [0.29, 0.717) is 38.7 Å². The highest BCUT2D eigenvalue weighted by Gasteiger charge is 2.25. The Hall–Kier alpha value is -3.50. The smallest absolute Gasteiger partial charge is 0.231 e. The average Bonchev–Trinajstić information content (AvgIpc) is 3.50. The first kappa shape index (κ1) is 22.7. The van der Waals surface area contributed by atoms with Crippen LogP contribution in [0.5, 0.6) is 11.5 Å². The van der Waals surface area contributed by atoms with Crippen LogP contribution in [-0.4, -0.2) is 47.3 Å². The molecule has 0 aliphatic rings. The molecule has 0 N–H and O–H groups in total. The molecular formula is C23H21BrN4O5. The molecule has 9 nitrogen and oxygen atoms in total. The molecule has 4 rings (SSSR count). The number of aryl methyl sites for hydroxylation is 1. The fourth-order valence-electron chi connectivity index (χ4n) is 3.37. The summed E-state index contributed by atoms with van der Waals surface area (Å²) in [5.41, 5.74) is 2.17. The Morgan fingerprint density at radius 2 is 1.67 bits per heavy atom. The summed E-state index contributed by atoms with van der Waals surface area (Å²) in [7, 11) is 6.31. The number of methoxy groups -OCH3 is 3. The third-order valence-electron chi connectivity index (χ3n) is 5.03. The Bertz CT molecular complexity index is 1260. The summed E-state index contributed by atoms with van der Waals surface area (Å²) >= 11 is 3.45. The molecule has 2 heterocycles. The summed E-state index contributed by atoms with van der Waals surface area (Å²) in [4.78, 5) is 14.6. The maximum Gasteiger partial charge on any atom is 0.231 e. The minimum Gasteiger partial charge on any atom is -0.495 e. The summed E-state index contributed by atoms with van der Waals surface area (Å²) in [6.07, 6.45) is -0.832. The van der Waals surface area contributed by atoms with Crippen LogP contribution in [0.3, 0.4) is 0 Å². The van der Waals surface area contributed by atoms with Crippen LogP contribution in [0.4, 0.5) is 0 Å². The molecule has 1 atom stereocenters. The van der Waals surface area contributed by atoms with Gasteiger partial charge in [-0.2, -0.15) is 4.80 Å². The van der Waals surface area contributed by atoms with E-state index in [1.165, 1.54) is 11.9 Å². The number of Topliss-reactive ketones (excluding diaryl/α,β-unsaturated/α-hetero) is 1. The molecule has 170 valence electrons. The molecular weight excluding hydrogens is 492 g/mol. The van der Waals surface area contributed by atoms with E-state index < -0.39 is 6.10 Å². The van der Waals surface area contributed by atoms with E-state index in [1.807, 2.05) is 12.1 Å². The Labute approximate surface area is 198 Å². The van der Waals surface area contributed by atoms with Gasteiger partial charge in [0.1, 0.15) is 27.8 Å². The molecule has 0 aliphatic carbocycles. The Kier molecular flexibility index (Phi) is 6.57. The lowest BCUT2D eigenvalue weighted by Crippen LogP contribution is -2.14. The molecule has 2 aromatic carbocycles. The molecule has 0 amide bonds. The number of aromatic nitrogens is 4. The van der Waals surface area contributed by atoms with Crippen LogP contribution in [0, 0.1) is 0 Å². The maximum atomic E-state index is 13.2. The van der Waals surface area contributed by atoms with Gasteiger partial charge >= 0.3 is 0 Å². The quantitative estimate of drug-likeness (QED) is 0.318. The van der Waals surface area contributed by atoms with Crippen LogP contribution >= 0.6 is 15.9 Å². The van der Waals surface area contributed by atoms with E-state index in [1.54, 1.807) is 57.7 Å². The molecule has 0 saturated carbocycles. The van der Waals surface area contributed by atoms with Gasteiger partial charge in [0.05, 0.1) is 21.3 Å². The Morgan fingerprint density at radius 3 is 2.21 bits per heavy atom. The van der Waals surface area contributed by atoms with Crippen molar-refractivity contribution in [2.75, 3.05) is 21.3 Å². The normalized spacial score (nSPS) is 11.9. The van der Waals surface area contributed by atoms with Gasteiger partial charge in [0.15, 0.2) is 5.76 Å². The standard InChI is InChI=1S/C23H21BrN4O5/c1-28-26-23(25-27-28)14-7-5-13(6-8-14)22(32-4)21(29)17-10-9-16(33-17)15-11-18(30-2)20(24)19(12-15)31-3/h5-12,22H,1-4H3. The molecule has 0 radical (unpaired) electrons. The minimum atomic E-state index is -0.832. The molecule has 0 spiro atoms. The topological polar surface area (TPSA) is 102 Å². The number of carbonyl (C=O) groups is 1. The van der Waals surface area contributed by atoms with Crippen molar-refractivity contribution in [3.05, 3.63) is 64.3 Å². The monoisotopic (exact) mass is 512 g/mol. The van der Waals surface area contributed by atoms with E-state index in [2.05, 4.69) is 31.3 Å². The fraction of sp³-hybridized carbons (Fsp3) is 0.217. The first-order valence-corrected chi connectivity index (χ1v) is 10.7. The Morgan fingerprint density at radius 1 is 1.00 bits per heavy atom. The second kappa shape index (κ2) is 9.55. The molecule has 0 aliphatic heterocycles. The number of hydrogen-bond acceptors (Lipinski definition) is 8. The molecule has 4 aromatic rings. The van der Waals surface area contributed by atoms with Crippen LogP contribution in [0.15, 0.2) is 57.4 Å². The van der Waals surface area contributed by atoms with Crippen LogP contribution in [0.1, 0.15) is 22.2 Å². The van der Waals surface area contributed by atoms with Crippen molar-refractivity contribution in [2.24, 2.45) is 7.05 Å². The second-order valence-corrected chi connectivity index (χ2v) is 7.86. The summed E-state index contributed by atoms with van der Waals surface area (Å²) in [6.45, 7) is 0. The van der Waals surface area contributed by atoms with Gasteiger partial charge in [0.25, 0.3) is 0 Å². The van der Waals surface area contributed by atoms with E-state index in [9.17, 15) is 4.79 Å². The van der Waals surface area contributed by atoms with Crippen LogP contribution in [-0.2, 0) is 11.8 Å². The van der Waals surface area contributed by atoms with Gasteiger partial charge < -0.3 is 18.6 Å². The number of rotatable bonds is 8. The third kappa shape index (κ3) is 4.53. The largest absolute Gasteiger partial charge is 0.495 e. The predicted molar refractivity (Wildman–Crippen MR) is 123 cm³/mol. The van der Waals surface area contributed by atoms with Crippen LogP contribution in [0.2, 0.25) is 0 Å². The Balaban J connectivity index is 1.59. The zero-order chi connectivity index (χ0) is 23.5. The lowest BCUT2D eigenvalue weighted by atomic mass is 10.0. The zero-order valence-corrected chi connectivity index (χ0v) is 20.0. The minimum absolute atomic E-state index is 0.178. The molecule has 1 unspecified atom stereocenters. The van der Waals surface area contributed by atoms with Crippen molar-refractivity contribution in [1.82, 2.24) is 20.2 Å². The van der Waals surface area contributed by atoms with Gasteiger partial charge in [-0.1, -0.05) is 24.3 Å². The van der Waals surface area contributed by atoms with E-state index in [0.717, 1.165) is 5.56 Å². The summed E-state index contributed by atoms with van der Waals surface area (Å²) in [5, 5.41) is 12.0. The number of ketones is 1. The SMILES string of the molecule is COc1cc(-c2ccc(C(=O)C(OC)c3ccc(-c4nnn(C)n4)cc3)o2)cc(OC)c1Br. The fourth-order valence-corrected chi connectivity index (χ4v) is 3.92. The van der Waals surface area contributed by atoms with E-state index in [-0.39, 0.29) is 11.5 Å². The highest BCUT2D eigenvalue weighted by Crippen LogP contribution is 2.39. The highest BCUT2D eigenvalue weighted by atomic mass is 79.9. The van der Waals surface area contributed by atoms with Crippen molar-refractivity contribution in [1.29, 1.82) is 0 Å². The summed E-state index contributed by atoms with van der Waals surface area (Å²) in [6, 6.07) is 14.2. The maximum absolute atomic E-state index is 13.2. The zero-order valence-electron chi connectivity index (χ0n) is 18.4. The van der Waals surface area contributed by atoms with Gasteiger partial charge in [-0.25, -0.2) is 0 Å². The average molecular weight is 513 g/mol. The molecule has 0 bridgehead atoms. The second-order valence-electron chi connectivity index (χ2n) is 7.06. The van der Waals surface area contributed by atoms with Gasteiger partial charge in [-0.3, -0.25) is 4.79 Å². The van der Waals surface area contributed by atoms with E-state index >= 15 is 0 Å². The molecule has 2 aromatic heterocycles. The first-order valence-electron chi connectivity index (χ1n) is 9.88. The van der Waals surface area contributed by atoms with Crippen LogP contribution in [0.25, 0.3) is 22.7 Å². The number of tetrazole rings is 1. The van der Waals surface area contributed by atoms with Gasteiger partial charge in [-0.15, -0.1) is 10.2 Å². The third-order valence-corrected chi connectivity index (χ3v) is 5.81. The van der Waals surface area contributed by atoms with Crippen molar-refractivity contribution >= 4 is 21.7 Å². The van der Waals surface area contributed by atoms with Crippen LogP contribution < -0.4 is 9.47 Å². The number of ether oxygens (including phenoxy) is 3. The lowest BCUT2D eigenvalue weighted by Gasteiger charge is -2.13. The number of benzene rings is 2. The van der Waals surface area contributed by atoms with Gasteiger partial charge in [-0.05, 0) is 51.0 Å². The van der Waals surface area contributed by atoms with Crippen molar-refractivity contribution in [3.8, 4) is 34.2 Å². The van der Waals surface area contributed by atoms with Crippen molar-refractivity contribution < 1.29 is 23.4 Å². The number of carbonyl (C=O) groups excluding carboxylic acids is 1. The molecule has 33 heavy (non-hydrogen) atoms. The first-order chi connectivity index (χ1) is 15.9. The van der Waals surface area contributed by atoms with Crippen molar-refractivity contribution in [2.45, 2.75) is 6.10 Å². The number of hydrogen-bond donors (Lipinski definition) is 0.